The Morgan fingerprint density at radius 1 is 1.39 bits per heavy atom. The smallest absolute Gasteiger partial charge is 0.307 e. The summed E-state index contributed by atoms with van der Waals surface area (Å²) in [5, 5.41) is 0.752. The summed E-state index contributed by atoms with van der Waals surface area (Å²) in [4.78, 5) is 13.4. The van der Waals surface area contributed by atoms with Gasteiger partial charge in [-0.1, -0.05) is 29.8 Å². The molecule has 2 unspecified atom stereocenters. The van der Waals surface area contributed by atoms with E-state index >= 15 is 0 Å². The molecular weight excluding hydrogens is 250 g/mol. The van der Waals surface area contributed by atoms with Crippen molar-refractivity contribution in [3.8, 4) is 0 Å². The van der Waals surface area contributed by atoms with Crippen LogP contribution in [-0.2, 0) is 9.53 Å². The predicted octanol–water partition coefficient (Wildman–Crippen LogP) is 3.28. The summed E-state index contributed by atoms with van der Waals surface area (Å²) < 4.78 is 4.69. The van der Waals surface area contributed by atoms with E-state index in [-0.39, 0.29) is 18.1 Å². The first-order valence-corrected chi connectivity index (χ1v) is 6.38. The Morgan fingerprint density at radius 3 is 2.56 bits per heavy atom. The lowest BCUT2D eigenvalue weighted by molar-refractivity contribution is -0.141. The molecule has 0 aliphatic heterocycles. The van der Waals surface area contributed by atoms with Gasteiger partial charge >= 0.3 is 5.97 Å². The lowest BCUT2D eigenvalue weighted by Crippen LogP contribution is -2.33. The second-order valence-electron chi connectivity index (χ2n) is 4.49. The zero-order chi connectivity index (χ0) is 13.7. The molecule has 100 valence electrons. The number of hydrogen-bond donors (Lipinski definition) is 0. The van der Waals surface area contributed by atoms with Gasteiger partial charge in [0.15, 0.2) is 0 Å². The third-order valence-corrected chi connectivity index (χ3v) is 3.70. The number of hydrogen-bond acceptors (Lipinski definition) is 3. The molecule has 0 amide bonds. The summed E-state index contributed by atoms with van der Waals surface area (Å²) in [5.41, 5.74) is 1.07. The van der Waals surface area contributed by atoms with Crippen LogP contribution in [0.25, 0.3) is 0 Å². The minimum atomic E-state index is -0.194. The fraction of sp³-hybridized carbons (Fsp3) is 0.500. The zero-order valence-corrected chi connectivity index (χ0v) is 12.1. The summed E-state index contributed by atoms with van der Waals surface area (Å²) in [5.74, 6) is -0.194. The van der Waals surface area contributed by atoms with Crippen molar-refractivity contribution in [2.45, 2.75) is 32.4 Å². The quantitative estimate of drug-likeness (QED) is 0.769. The van der Waals surface area contributed by atoms with E-state index in [0.29, 0.717) is 6.42 Å². The first-order chi connectivity index (χ1) is 8.47. The highest BCUT2D eigenvalue weighted by Crippen LogP contribution is 2.27. The van der Waals surface area contributed by atoms with Crippen LogP contribution in [-0.4, -0.2) is 31.1 Å². The molecule has 0 saturated heterocycles. The Labute approximate surface area is 114 Å². The van der Waals surface area contributed by atoms with Crippen molar-refractivity contribution in [1.29, 1.82) is 0 Å². The molecule has 0 saturated carbocycles. The van der Waals surface area contributed by atoms with E-state index in [4.69, 9.17) is 11.6 Å². The molecule has 0 bridgehead atoms. The van der Waals surface area contributed by atoms with Gasteiger partial charge in [0.2, 0.25) is 0 Å². The van der Waals surface area contributed by atoms with Crippen LogP contribution in [0.15, 0.2) is 24.3 Å². The summed E-state index contributed by atoms with van der Waals surface area (Å²) in [6, 6.07) is 8.02. The van der Waals surface area contributed by atoms with E-state index in [1.54, 1.807) is 0 Å². The molecule has 0 spiro atoms. The Morgan fingerprint density at radius 2 is 2.00 bits per heavy atom. The highest BCUT2D eigenvalue weighted by molar-refractivity contribution is 6.31. The number of ether oxygens (including phenoxy) is 1. The molecule has 0 heterocycles. The second kappa shape index (κ2) is 6.76. The fourth-order valence-corrected chi connectivity index (χ4v) is 2.18. The van der Waals surface area contributed by atoms with Gasteiger partial charge in [-0.05, 0) is 32.5 Å². The molecule has 0 N–H and O–H groups in total. The van der Waals surface area contributed by atoms with E-state index in [1.807, 2.05) is 38.2 Å². The maximum Gasteiger partial charge on any atom is 0.307 e. The van der Waals surface area contributed by atoms with Crippen LogP contribution >= 0.6 is 11.6 Å². The number of carbonyl (C=O) groups excluding carboxylic acids is 1. The number of benzene rings is 1. The van der Waals surface area contributed by atoms with Crippen LogP contribution in [0.1, 0.15) is 31.9 Å². The van der Waals surface area contributed by atoms with Gasteiger partial charge in [-0.25, -0.2) is 0 Å². The molecule has 0 aliphatic rings. The van der Waals surface area contributed by atoms with E-state index in [2.05, 4.69) is 16.6 Å². The van der Waals surface area contributed by atoms with Gasteiger partial charge in [0.1, 0.15) is 0 Å². The van der Waals surface area contributed by atoms with E-state index in [1.165, 1.54) is 7.11 Å². The summed E-state index contributed by atoms with van der Waals surface area (Å²) >= 11 is 6.18. The molecule has 1 aromatic rings. The molecule has 0 radical (unpaired) electrons. The minimum absolute atomic E-state index is 0.101. The van der Waals surface area contributed by atoms with Gasteiger partial charge in [0, 0.05) is 17.1 Å². The fourth-order valence-electron chi connectivity index (χ4n) is 1.88. The lowest BCUT2D eigenvalue weighted by atomic mass is 10.0. The summed E-state index contributed by atoms with van der Waals surface area (Å²) in [6.45, 7) is 4.08. The standard InChI is InChI=1S/C14H20ClNO2/c1-10(9-14(17)18-4)16(3)11(2)12-7-5-6-8-13(12)15/h5-8,10-11H,9H2,1-4H3. The molecule has 18 heavy (non-hydrogen) atoms. The Hall–Kier alpha value is -1.06. The lowest BCUT2D eigenvalue weighted by Gasteiger charge is -2.31. The molecule has 1 rings (SSSR count). The third kappa shape index (κ3) is 3.72. The van der Waals surface area contributed by atoms with Crippen molar-refractivity contribution in [2.75, 3.05) is 14.2 Å². The van der Waals surface area contributed by atoms with Gasteiger partial charge in [-0.2, -0.15) is 0 Å². The largest absolute Gasteiger partial charge is 0.469 e. The average molecular weight is 270 g/mol. The van der Waals surface area contributed by atoms with Gasteiger partial charge < -0.3 is 4.74 Å². The van der Waals surface area contributed by atoms with Crippen molar-refractivity contribution in [2.24, 2.45) is 0 Å². The van der Waals surface area contributed by atoms with Gasteiger partial charge in [0.25, 0.3) is 0 Å². The maximum atomic E-state index is 11.3. The van der Waals surface area contributed by atoms with Crippen LogP contribution < -0.4 is 0 Å². The van der Waals surface area contributed by atoms with Crippen molar-refractivity contribution in [1.82, 2.24) is 4.90 Å². The molecule has 3 nitrogen and oxygen atoms in total. The SMILES string of the molecule is COC(=O)CC(C)N(C)C(C)c1ccccc1Cl. The van der Waals surface area contributed by atoms with Crippen molar-refractivity contribution in [3.63, 3.8) is 0 Å². The van der Waals surface area contributed by atoms with Crippen LogP contribution in [0, 0.1) is 0 Å². The number of rotatable bonds is 5. The number of carbonyl (C=O) groups is 1. The molecule has 2 atom stereocenters. The molecular formula is C14H20ClNO2. The Kier molecular flexibility index (Phi) is 5.63. The van der Waals surface area contributed by atoms with Gasteiger partial charge in [-0.3, -0.25) is 9.69 Å². The third-order valence-electron chi connectivity index (χ3n) is 3.35. The van der Waals surface area contributed by atoms with Crippen LogP contribution in [0.3, 0.4) is 0 Å². The monoisotopic (exact) mass is 269 g/mol. The number of esters is 1. The molecule has 4 heteroatoms. The van der Waals surface area contributed by atoms with Crippen molar-refractivity contribution in [3.05, 3.63) is 34.9 Å². The number of methoxy groups -OCH3 is 1. The maximum absolute atomic E-state index is 11.3. The predicted molar refractivity (Wildman–Crippen MR) is 73.7 cm³/mol. The van der Waals surface area contributed by atoms with Crippen LogP contribution in [0.4, 0.5) is 0 Å². The average Bonchev–Trinajstić information content (AvgIpc) is 2.37. The second-order valence-corrected chi connectivity index (χ2v) is 4.90. The first kappa shape index (κ1) is 15.0. The van der Waals surface area contributed by atoms with Gasteiger partial charge in [-0.15, -0.1) is 0 Å². The van der Waals surface area contributed by atoms with E-state index in [9.17, 15) is 4.79 Å². The topological polar surface area (TPSA) is 29.5 Å². The zero-order valence-electron chi connectivity index (χ0n) is 11.3. The number of halogens is 1. The van der Waals surface area contributed by atoms with Gasteiger partial charge in [0.05, 0.1) is 13.5 Å². The normalized spacial score (nSPS) is 14.3. The molecule has 1 aromatic carbocycles. The Balaban J connectivity index is 2.75. The molecule has 0 fully saturated rings. The van der Waals surface area contributed by atoms with Crippen molar-refractivity contribution >= 4 is 17.6 Å². The Bertz CT molecular complexity index is 409. The number of nitrogens with zero attached hydrogens (tertiary/aromatic N) is 1. The van der Waals surface area contributed by atoms with E-state index in [0.717, 1.165) is 10.6 Å². The van der Waals surface area contributed by atoms with Crippen LogP contribution in [0.5, 0.6) is 0 Å². The highest BCUT2D eigenvalue weighted by atomic mass is 35.5. The van der Waals surface area contributed by atoms with Crippen molar-refractivity contribution < 1.29 is 9.53 Å². The summed E-state index contributed by atoms with van der Waals surface area (Å²) in [6.07, 6.45) is 0.377. The van der Waals surface area contributed by atoms with Crippen LogP contribution in [0.2, 0.25) is 5.02 Å². The molecule has 0 aliphatic carbocycles. The van der Waals surface area contributed by atoms with E-state index < -0.39 is 0 Å². The highest BCUT2D eigenvalue weighted by Gasteiger charge is 2.21. The minimum Gasteiger partial charge on any atom is -0.469 e. The first-order valence-electron chi connectivity index (χ1n) is 6.00. The summed E-state index contributed by atoms with van der Waals surface area (Å²) in [7, 11) is 3.40. The molecule has 0 aromatic heterocycles.